The van der Waals surface area contributed by atoms with E-state index in [1.807, 2.05) is 28.8 Å². The molecule has 0 radical (unpaired) electrons. The average Bonchev–Trinajstić information content (AvgIpc) is 3.35. The SMILES string of the molecule is Cc1cc2nc(Cc3ccccc3Cl)n(CC(=O)NC3CC3)c2cc1C. The van der Waals surface area contributed by atoms with Crippen molar-refractivity contribution in [3.8, 4) is 0 Å². The van der Waals surface area contributed by atoms with Gasteiger partial charge in [-0.1, -0.05) is 29.8 Å². The van der Waals surface area contributed by atoms with Crippen molar-refractivity contribution in [1.82, 2.24) is 14.9 Å². The van der Waals surface area contributed by atoms with Crippen molar-refractivity contribution in [2.24, 2.45) is 0 Å². The molecule has 1 amide bonds. The van der Waals surface area contributed by atoms with Crippen LogP contribution in [0.3, 0.4) is 0 Å². The molecule has 0 atom stereocenters. The number of fused-ring (bicyclic) bond motifs is 1. The summed E-state index contributed by atoms with van der Waals surface area (Å²) >= 11 is 6.34. The molecule has 1 aromatic heterocycles. The number of aryl methyl sites for hydroxylation is 2. The van der Waals surface area contributed by atoms with E-state index in [4.69, 9.17) is 16.6 Å². The fourth-order valence-corrected chi connectivity index (χ4v) is 3.40. The molecule has 2 aromatic carbocycles. The van der Waals surface area contributed by atoms with Crippen molar-refractivity contribution >= 4 is 28.5 Å². The van der Waals surface area contributed by atoms with Gasteiger partial charge in [-0.25, -0.2) is 4.98 Å². The molecule has 3 aromatic rings. The summed E-state index contributed by atoms with van der Waals surface area (Å²) in [6.07, 6.45) is 2.77. The molecule has 0 saturated heterocycles. The Balaban J connectivity index is 1.75. The smallest absolute Gasteiger partial charge is 0.240 e. The van der Waals surface area contributed by atoms with E-state index in [-0.39, 0.29) is 12.5 Å². The zero-order valence-electron chi connectivity index (χ0n) is 15.1. The van der Waals surface area contributed by atoms with Crippen LogP contribution in [0.4, 0.5) is 0 Å². The fourth-order valence-electron chi connectivity index (χ4n) is 3.20. The van der Waals surface area contributed by atoms with Crippen molar-refractivity contribution in [3.63, 3.8) is 0 Å². The Kier molecular flexibility index (Phi) is 4.45. The summed E-state index contributed by atoms with van der Waals surface area (Å²) in [4.78, 5) is 17.3. The van der Waals surface area contributed by atoms with Crippen molar-refractivity contribution in [2.75, 3.05) is 0 Å². The summed E-state index contributed by atoms with van der Waals surface area (Å²) in [5.41, 5.74) is 5.34. The molecule has 1 fully saturated rings. The molecule has 1 heterocycles. The van der Waals surface area contributed by atoms with Crippen LogP contribution >= 0.6 is 11.6 Å². The van der Waals surface area contributed by atoms with E-state index in [0.29, 0.717) is 12.5 Å². The fraction of sp³-hybridized carbons (Fsp3) is 0.333. The van der Waals surface area contributed by atoms with Gasteiger partial charge < -0.3 is 9.88 Å². The molecular formula is C21H22ClN3O. The largest absolute Gasteiger partial charge is 0.352 e. The molecule has 4 rings (SSSR count). The van der Waals surface area contributed by atoms with Gasteiger partial charge in [0.05, 0.1) is 11.0 Å². The minimum Gasteiger partial charge on any atom is -0.352 e. The average molecular weight is 368 g/mol. The molecule has 0 unspecified atom stereocenters. The first-order chi connectivity index (χ1) is 12.5. The Hall–Kier alpha value is -2.33. The van der Waals surface area contributed by atoms with Crippen LogP contribution in [-0.4, -0.2) is 21.5 Å². The van der Waals surface area contributed by atoms with Gasteiger partial charge in [0.25, 0.3) is 0 Å². The summed E-state index contributed by atoms with van der Waals surface area (Å²) in [6, 6.07) is 12.4. The van der Waals surface area contributed by atoms with Gasteiger partial charge in [0.1, 0.15) is 12.4 Å². The lowest BCUT2D eigenvalue weighted by molar-refractivity contribution is -0.121. The highest BCUT2D eigenvalue weighted by Gasteiger charge is 2.24. The van der Waals surface area contributed by atoms with Crippen LogP contribution in [0.5, 0.6) is 0 Å². The van der Waals surface area contributed by atoms with Gasteiger partial charge in [-0.3, -0.25) is 4.79 Å². The number of nitrogens with one attached hydrogen (secondary N) is 1. The third-order valence-corrected chi connectivity index (χ3v) is 5.36. The topological polar surface area (TPSA) is 46.9 Å². The number of hydrogen-bond donors (Lipinski definition) is 1. The summed E-state index contributed by atoms with van der Waals surface area (Å²) in [6.45, 7) is 4.46. The minimum atomic E-state index is 0.0467. The van der Waals surface area contributed by atoms with Crippen LogP contribution in [-0.2, 0) is 17.8 Å². The van der Waals surface area contributed by atoms with Gasteiger partial charge in [0, 0.05) is 17.5 Å². The standard InChI is InChI=1S/C21H22ClN3O/c1-13-9-18-19(10-14(13)2)25(12-21(26)23-16-7-8-16)20(24-18)11-15-5-3-4-6-17(15)22/h3-6,9-10,16H,7-8,11-12H2,1-2H3,(H,23,26). The lowest BCUT2D eigenvalue weighted by atomic mass is 10.1. The van der Waals surface area contributed by atoms with Crippen LogP contribution in [0.25, 0.3) is 11.0 Å². The van der Waals surface area contributed by atoms with Gasteiger partial charge in [0.15, 0.2) is 0 Å². The highest BCUT2D eigenvalue weighted by molar-refractivity contribution is 6.31. The minimum absolute atomic E-state index is 0.0467. The third-order valence-electron chi connectivity index (χ3n) is 4.99. The maximum absolute atomic E-state index is 12.4. The lowest BCUT2D eigenvalue weighted by Gasteiger charge is -2.11. The van der Waals surface area contributed by atoms with Gasteiger partial charge in [-0.05, 0) is 61.6 Å². The van der Waals surface area contributed by atoms with E-state index in [1.165, 1.54) is 11.1 Å². The van der Waals surface area contributed by atoms with Gasteiger partial charge in [-0.15, -0.1) is 0 Å². The molecule has 134 valence electrons. The van der Waals surface area contributed by atoms with Gasteiger partial charge in [-0.2, -0.15) is 0 Å². The second kappa shape index (κ2) is 6.76. The number of rotatable bonds is 5. The van der Waals surface area contributed by atoms with Crippen LogP contribution in [0.1, 0.15) is 35.4 Å². The Morgan fingerprint density at radius 3 is 2.69 bits per heavy atom. The summed E-state index contributed by atoms with van der Waals surface area (Å²) in [5.74, 6) is 0.912. The molecular weight excluding hydrogens is 346 g/mol. The normalized spacial score (nSPS) is 14.0. The predicted octanol–water partition coefficient (Wildman–Crippen LogP) is 4.18. The number of hydrogen-bond acceptors (Lipinski definition) is 2. The second-order valence-electron chi connectivity index (χ2n) is 7.15. The molecule has 0 aliphatic heterocycles. The molecule has 0 spiro atoms. The van der Waals surface area contributed by atoms with Crippen LogP contribution in [0.15, 0.2) is 36.4 Å². The number of benzene rings is 2. The summed E-state index contributed by atoms with van der Waals surface area (Å²) in [5, 5.41) is 3.79. The summed E-state index contributed by atoms with van der Waals surface area (Å²) < 4.78 is 2.03. The van der Waals surface area contributed by atoms with Crippen LogP contribution < -0.4 is 5.32 Å². The van der Waals surface area contributed by atoms with E-state index in [2.05, 4.69) is 31.3 Å². The highest BCUT2D eigenvalue weighted by Crippen LogP contribution is 2.25. The van der Waals surface area contributed by atoms with Crippen LogP contribution in [0, 0.1) is 13.8 Å². The molecule has 4 nitrogen and oxygen atoms in total. The number of aromatic nitrogens is 2. The molecule has 1 aliphatic rings. The highest BCUT2D eigenvalue weighted by atomic mass is 35.5. The first-order valence-electron chi connectivity index (χ1n) is 9.00. The number of nitrogens with zero attached hydrogens (tertiary/aromatic N) is 2. The Labute approximate surface area is 158 Å². The molecule has 1 saturated carbocycles. The van der Waals surface area contributed by atoms with E-state index in [0.717, 1.165) is 40.3 Å². The predicted molar refractivity (Wildman–Crippen MR) is 105 cm³/mol. The van der Waals surface area contributed by atoms with Crippen molar-refractivity contribution in [2.45, 2.75) is 45.7 Å². The van der Waals surface area contributed by atoms with E-state index in [1.54, 1.807) is 0 Å². The Bertz CT molecular complexity index is 988. The lowest BCUT2D eigenvalue weighted by Crippen LogP contribution is -2.29. The van der Waals surface area contributed by atoms with Crippen molar-refractivity contribution in [3.05, 3.63) is 63.9 Å². The zero-order valence-corrected chi connectivity index (χ0v) is 15.8. The quantitative estimate of drug-likeness (QED) is 0.735. The molecule has 1 aliphatic carbocycles. The molecule has 26 heavy (non-hydrogen) atoms. The molecule has 5 heteroatoms. The molecule has 0 bridgehead atoms. The first kappa shape index (κ1) is 17.1. The maximum atomic E-state index is 12.4. The number of halogens is 1. The zero-order chi connectivity index (χ0) is 18.3. The van der Waals surface area contributed by atoms with Crippen molar-refractivity contribution in [1.29, 1.82) is 0 Å². The Morgan fingerprint density at radius 2 is 1.96 bits per heavy atom. The number of carbonyl (C=O) groups excluding carboxylic acids is 1. The van der Waals surface area contributed by atoms with E-state index in [9.17, 15) is 4.79 Å². The van der Waals surface area contributed by atoms with Crippen molar-refractivity contribution < 1.29 is 4.79 Å². The number of carbonyl (C=O) groups is 1. The number of imidazole rings is 1. The van der Waals surface area contributed by atoms with E-state index < -0.39 is 0 Å². The number of amides is 1. The second-order valence-corrected chi connectivity index (χ2v) is 7.56. The van der Waals surface area contributed by atoms with Gasteiger partial charge >= 0.3 is 0 Å². The molecule has 1 N–H and O–H groups in total. The Morgan fingerprint density at radius 1 is 1.23 bits per heavy atom. The monoisotopic (exact) mass is 367 g/mol. The van der Waals surface area contributed by atoms with E-state index >= 15 is 0 Å². The third kappa shape index (κ3) is 3.47. The van der Waals surface area contributed by atoms with Gasteiger partial charge in [0.2, 0.25) is 5.91 Å². The first-order valence-corrected chi connectivity index (χ1v) is 9.38. The maximum Gasteiger partial charge on any atom is 0.240 e. The van der Waals surface area contributed by atoms with Crippen LogP contribution in [0.2, 0.25) is 5.02 Å². The summed E-state index contributed by atoms with van der Waals surface area (Å²) in [7, 11) is 0.